The van der Waals surface area contributed by atoms with Gasteiger partial charge in [0.15, 0.2) is 0 Å². The van der Waals surface area contributed by atoms with E-state index in [1.54, 1.807) is 6.92 Å². The smallest absolute Gasteiger partial charge is 0.316 e. The highest BCUT2D eigenvalue weighted by molar-refractivity contribution is 5.56. The van der Waals surface area contributed by atoms with E-state index in [2.05, 4.69) is 4.98 Å². The first-order chi connectivity index (χ1) is 9.88. The van der Waals surface area contributed by atoms with Gasteiger partial charge in [-0.3, -0.25) is 0 Å². The van der Waals surface area contributed by atoms with Crippen LogP contribution in [0.25, 0.3) is 11.4 Å². The van der Waals surface area contributed by atoms with Crippen molar-refractivity contribution in [1.82, 2.24) is 9.55 Å². The van der Waals surface area contributed by atoms with E-state index in [4.69, 9.17) is 0 Å². The summed E-state index contributed by atoms with van der Waals surface area (Å²) in [6.45, 7) is 1.61. The summed E-state index contributed by atoms with van der Waals surface area (Å²) >= 11 is 0. The van der Waals surface area contributed by atoms with Gasteiger partial charge in [-0.15, -0.1) is 0 Å². The molecule has 0 radical (unpaired) electrons. The second kappa shape index (κ2) is 4.86. The Morgan fingerprint density at radius 1 is 1.19 bits per heavy atom. The Bertz CT molecular complexity index is 639. The van der Waals surface area contributed by atoms with Crippen LogP contribution in [-0.4, -0.2) is 15.7 Å². The SMILES string of the molecule is Cc1cnc(-c2ccc(F)cc2)n1C(C1CC1)C(F)(F)F. The van der Waals surface area contributed by atoms with Gasteiger partial charge < -0.3 is 4.57 Å². The monoisotopic (exact) mass is 298 g/mol. The number of alkyl halides is 3. The Morgan fingerprint density at radius 3 is 2.33 bits per heavy atom. The summed E-state index contributed by atoms with van der Waals surface area (Å²) in [6.07, 6.45) is -1.74. The zero-order valence-corrected chi connectivity index (χ0v) is 11.4. The maximum atomic E-state index is 13.4. The second-order valence-electron chi connectivity index (χ2n) is 5.42. The summed E-state index contributed by atoms with van der Waals surface area (Å²) in [6, 6.07) is 3.80. The Kier molecular flexibility index (Phi) is 3.26. The van der Waals surface area contributed by atoms with Crippen molar-refractivity contribution in [2.45, 2.75) is 32.0 Å². The molecule has 0 bridgehead atoms. The van der Waals surface area contributed by atoms with E-state index in [9.17, 15) is 17.6 Å². The molecule has 1 aromatic heterocycles. The highest BCUT2D eigenvalue weighted by Crippen LogP contribution is 2.49. The summed E-state index contributed by atoms with van der Waals surface area (Å²) in [5, 5.41) is 0. The molecule has 1 saturated carbocycles. The number of benzene rings is 1. The minimum absolute atomic E-state index is 0.238. The van der Waals surface area contributed by atoms with E-state index in [1.165, 1.54) is 35.0 Å². The molecule has 1 aliphatic carbocycles. The molecule has 112 valence electrons. The number of halogens is 4. The Morgan fingerprint density at radius 2 is 1.81 bits per heavy atom. The lowest BCUT2D eigenvalue weighted by atomic mass is 10.1. The van der Waals surface area contributed by atoms with Gasteiger partial charge in [-0.05, 0) is 49.9 Å². The van der Waals surface area contributed by atoms with Crippen LogP contribution in [0.5, 0.6) is 0 Å². The van der Waals surface area contributed by atoms with Gasteiger partial charge in [0.2, 0.25) is 0 Å². The molecule has 3 rings (SSSR count). The minimum atomic E-state index is -4.32. The van der Waals surface area contributed by atoms with E-state index < -0.39 is 24.0 Å². The highest BCUT2D eigenvalue weighted by Gasteiger charge is 2.51. The molecule has 21 heavy (non-hydrogen) atoms. The van der Waals surface area contributed by atoms with Crippen molar-refractivity contribution in [2.24, 2.45) is 5.92 Å². The Hall–Kier alpha value is -1.85. The van der Waals surface area contributed by atoms with Gasteiger partial charge in [-0.2, -0.15) is 13.2 Å². The van der Waals surface area contributed by atoms with Crippen LogP contribution in [0.3, 0.4) is 0 Å². The third-order valence-electron chi connectivity index (χ3n) is 3.77. The first-order valence-electron chi connectivity index (χ1n) is 6.74. The number of imidazole rings is 1. The average Bonchev–Trinajstić information content (AvgIpc) is 3.15. The molecular weight excluding hydrogens is 284 g/mol. The van der Waals surface area contributed by atoms with Gasteiger partial charge in [0, 0.05) is 17.5 Å². The molecule has 1 atom stereocenters. The number of aromatic nitrogens is 2. The third kappa shape index (κ3) is 2.66. The first-order valence-corrected chi connectivity index (χ1v) is 6.74. The molecule has 0 amide bonds. The molecule has 2 nitrogen and oxygen atoms in total. The quantitative estimate of drug-likeness (QED) is 0.762. The van der Waals surface area contributed by atoms with Gasteiger partial charge in [-0.25, -0.2) is 9.37 Å². The van der Waals surface area contributed by atoms with Crippen LogP contribution >= 0.6 is 0 Å². The molecule has 1 unspecified atom stereocenters. The van der Waals surface area contributed by atoms with Crippen molar-refractivity contribution in [3.05, 3.63) is 42.0 Å². The van der Waals surface area contributed by atoms with E-state index in [0.717, 1.165) is 0 Å². The predicted octanol–water partition coefficient (Wildman–Crippen LogP) is 4.51. The van der Waals surface area contributed by atoms with Crippen LogP contribution in [0.1, 0.15) is 24.6 Å². The van der Waals surface area contributed by atoms with Gasteiger partial charge in [0.25, 0.3) is 0 Å². The van der Waals surface area contributed by atoms with Crippen LogP contribution < -0.4 is 0 Å². The summed E-state index contributed by atoms with van der Waals surface area (Å²) in [4.78, 5) is 4.10. The van der Waals surface area contributed by atoms with Crippen molar-refractivity contribution in [2.75, 3.05) is 0 Å². The molecule has 6 heteroatoms. The first kappa shape index (κ1) is 14.1. The molecule has 0 spiro atoms. The highest BCUT2D eigenvalue weighted by atomic mass is 19.4. The van der Waals surface area contributed by atoms with Crippen molar-refractivity contribution >= 4 is 0 Å². The van der Waals surface area contributed by atoms with Crippen LogP contribution in [0.15, 0.2) is 30.5 Å². The largest absolute Gasteiger partial charge is 0.409 e. The number of hydrogen-bond acceptors (Lipinski definition) is 1. The van der Waals surface area contributed by atoms with Crippen LogP contribution in [0.4, 0.5) is 17.6 Å². The van der Waals surface area contributed by atoms with E-state index in [0.29, 0.717) is 24.1 Å². The molecule has 2 aromatic rings. The van der Waals surface area contributed by atoms with Crippen LogP contribution in [0.2, 0.25) is 0 Å². The van der Waals surface area contributed by atoms with Crippen molar-refractivity contribution in [3.63, 3.8) is 0 Å². The maximum absolute atomic E-state index is 13.4. The zero-order valence-electron chi connectivity index (χ0n) is 11.4. The summed E-state index contributed by atoms with van der Waals surface area (Å²) in [5.74, 6) is -0.582. The van der Waals surface area contributed by atoms with Crippen LogP contribution in [0, 0.1) is 18.7 Å². The van der Waals surface area contributed by atoms with E-state index >= 15 is 0 Å². The van der Waals surface area contributed by atoms with Crippen molar-refractivity contribution < 1.29 is 17.6 Å². The molecule has 0 saturated heterocycles. The predicted molar refractivity (Wildman–Crippen MR) is 70.2 cm³/mol. The van der Waals surface area contributed by atoms with Gasteiger partial charge in [0.05, 0.1) is 0 Å². The number of hydrogen-bond donors (Lipinski definition) is 0. The van der Waals surface area contributed by atoms with E-state index in [-0.39, 0.29) is 5.82 Å². The fourth-order valence-corrected chi connectivity index (χ4v) is 2.65. The third-order valence-corrected chi connectivity index (χ3v) is 3.77. The standard InChI is InChI=1S/C15H14F4N2/c1-9-8-20-14(11-4-6-12(16)7-5-11)21(9)13(10-2-3-10)15(17,18)19/h4-8,10,13H,2-3H2,1H3. The molecule has 0 aliphatic heterocycles. The normalized spacial score (nSPS) is 17.0. The Balaban J connectivity index is 2.10. The summed E-state index contributed by atoms with van der Waals surface area (Å²) in [7, 11) is 0. The van der Waals surface area contributed by atoms with Gasteiger partial charge in [-0.1, -0.05) is 0 Å². The summed E-state index contributed by atoms with van der Waals surface area (Å²) in [5.41, 5.74) is 0.947. The summed E-state index contributed by atoms with van der Waals surface area (Å²) < 4.78 is 54.4. The van der Waals surface area contributed by atoms with Crippen LogP contribution in [-0.2, 0) is 0 Å². The fraction of sp³-hybridized carbons (Fsp3) is 0.400. The minimum Gasteiger partial charge on any atom is -0.316 e. The number of rotatable bonds is 3. The molecule has 1 aromatic carbocycles. The van der Waals surface area contributed by atoms with E-state index in [1.807, 2.05) is 0 Å². The molecule has 0 N–H and O–H groups in total. The Labute approximate surface area is 119 Å². The topological polar surface area (TPSA) is 17.8 Å². The van der Waals surface area contributed by atoms with Gasteiger partial charge in [0.1, 0.15) is 17.7 Å². The fourth-order valence-electron chi connectivity index (χ4n) is 2.65. The lowest BCUT2D eigenvalue weighted by molar-refractivity contribution is -0.173. The number of nitrogens with zero attached hydrogens (tertiary/aromatic N) is 2. The molecule has 1 fully saturated rings. The van der Waals surface area contributed by atoms with Crippen molar-refractivity contribution in [3.8, 4) is 11.4 Å². The lowest BCUT2D eigenvalue weighted by Gasteiger charge is -2.25. The second-order valence-corrected chi connectivity index (χ2v) is 5.42. The number of aryl methyl sites for hydroxylation is 1. The molecule has 1 heterocycles. The zero-order chi connectivity index (χ0) is 15.2. The van der Waals surface area contributed by atoms with Crippen molar-refractivity contribution in [1.29, 1.82) is 0 Å². The molecular formula is C15H14F4N2. The average molecular weight is 298 g/mol. The molecule has 1 aliphatic rings. The maximum Gasteiger partial charge on any atom is 0.409 e. The lowest BCUT2D eigenvalue weighted by Crippen LogP contribution is -2.29. The van der Waals surface area contributed by atoms with Gasteiger partial charge >= 0.3 is 6.18 Å².